The second-order valence-corrected chi connectivity index (χ2v) is 9.96. The van der Waals surface area contributed by atoms with Gasteiger partial charge in [-0.15, -0.1) is 0 Å². The van der Waals surface area contributed by atoms with Crippen molar-refractivity contribution in [1.82, 2.24) is 5.32 Å². The molecule has 0 aromatic heterocycles. The number of carbonyl (C=O) groups excluding carboxylic acids is 2. The third-order valence-electron chi connectivity index (χ3n) is 6.56. The number of unbranched alkanes of at least 4 members (excludes halogenated alkanes) is 16. The number of amides is 2. The summed E-state index contributed by atoms with van der Waals surface area (Å²) < 4.78 is 0. The Labute approximate surface area is 214 Å². The minimum Gasteiger partial charge on any atom is -0.508 e. The zero-order valence-corrected chi connectivity index (χ0v) is 22.4. The predicted molar refractivity (Wildman–Crippen MR) is 148 cm³/mol. The Morgan fingerprint density at radius 1 is 0.600 bits per heavy atom. The van der Waals surface area contributed by atoms with Crippen LogP contribution in [0.25, 0.3) is 0 Å². The van der Waals surface area contributed by atoms with Crippen LogP contribution in [0.3, 0.4) is 0 Å². The largest absolute Gasteiger partial charge is 0.508 e. The predicted octanol–water partition coefficient (Wildman–Crippen LogP) is 8.27. The summed E-state index contributed by atoms with van der Waals surface area (Å²) in [4.78, 5) is 23.9. The SMILES string of the molecule is CCCCCCCCCCCCCCCCCC(=O)NCCCCCC(=O)Nc1ccc(O)cc1. The molecule has 3 N–H and O–H groups in total. The van der Waals surface area contributed by atoms with Crippen LogP contribution in [0.2, 0.25) is 0 Å². The second kappa shape index (κ2) is 22.4. The Hall–Kier alpha value is -2.04. The van der Waals surface area contributed by atoms with Gasteiger partial charge in [0.15, 0.2) is 0 Å². The average Bonchev–Trinajstić information content (AvgIpc) is 2.85. The highest BCUT2D eigenvalue weighted by molar-refractivity contribution is 5.90. The quantitative estimate of drug-likeness (QED) is 0.107. The smallest absolute Gasteiger partial charge is 0.224 e. The number of aromatic hydroxyl groups is 1. The zero-order chi connectivity index (χ0) is 25.4. The Morgan fingerprint density at radius 3 is 1.54 bits per heavy atom. The first kappa shape index (κ1) is 31.0. The molecular formula is C30H52N2O3. The molecule has 5 heteroatoms. The van der Waals surface area contributed by atoms with Gasteiger partial charge in [-0.1, -0.05) is 103 Å². The number of phenols is 1. The maximum atomic E-state index is 12.0. The minimum absolute atomic E-state index is 0.0205. The molecule has 0 aliphatic rings. The van der Waals surface area contributed by atoms with Crippen molar-refractivity contribution >= 4 is 17.5 Å². The summed E-state index contributed by atoms with van der Waals surface area (Å²) in [5.74, 6) is 0.322. The molecule has 5 nitrogen and oxygen atoms in total. The van der Waals surface area contributed by atoms with Crippen LogP contribution in [0.5, 0.6) is 5.75 Å². The molecule has 0 unspecified atom stereocenters. The Balaban J connectivity index is 1.79. The topological polar surface area (TPSA) is 78.4 Å². The molecule has 0 atom stereocenters. The molecule has 0 heterocycles. The van der Waals surface area contributed by atoms with Crippen molar-refractivity contribution in [1.29, 1.82) is 0 Å². The van der Waals surface area contributed by atoms with Gasteiger partial charge in [0, 0.05) is 25.1 Å². The van der Waals surface area contributed by atoms with Gasteiger partial charge in [0.2, 0.25) is 11.8 Å². The van der Waals surface area contributed by atoms with Gasteiger partial charge in [-0.2, -0.15) is 0 Å². The number of anilines is 1. The maximum Gasteiger partial charge on any atom is 0.224 e. The van der Waals surface area contributed by atoms with Gasteiger partial charge in [-0.25, -0.2) is 0 Å². The number of benzene rings is 1. The lowest BCUT2D eigenvalue weighted by molar-refractivity contribution is -0.121. The lowest BCUT2D eigenvalue weighted by Crippen LogP contribution is -2.24. The molecule has 0 aliphatic heterocycles. The molecule has 0 fully saturated rings. The van der Waals surface area contributed by atoms with Crippen LogP contribution in [0.15, 0.2) is 24.3 Å². The molecule has 35 heavy (non-hydrogen) atoms. The molecule has 0 saturated carbocycles. The molecular weight excluding hydrogens is 436 g/mol. The fourth-order valence-electron chi connectivity index (χ4n) is 4.33. The van der Waals surface area contributed by atoms with E-state index >= 15 is 0 Å². The summed E-state index contributed by atoms with van der Waals surface area (Å²) in [5, 5.41) is 15.1. The third kappa shape index (κ3) is 19.9. The summed E-state index contributed by atoms with van der Waals surface area (Å²) in [6.07, 6.45) is 23.8. The van der Waals surface area contributed by atoms with E-state index in [1.54, 1.807) is 24.3 Å². The van der Waals surface area contributed by atoms with Gasteiger partial charge in [0.05, 0.1) is 0 Å². The van der Waals surface area contributed by atoms with Gasteiger partial charge in [-0.3, -0.25) is 9.59 Å². The van der Waals surface area contributed by atoms with Crippen molar-refractivity contribution in [3.05, 3.63) is 24.3 Å². The van der Waals surface area contributed by atoms with Gasteiger partial charge in [-0.05, 0) is 43.5 Å². The normalized spacial score (nSPS) is 10.9. The highest BCUT2D eigenvalue weighted by atomic mass is 16.3. The lowest BCUT2D eigenvalue weighted by atomic mass is 10.0. The van der Waals surface area contributed by atoms with E-state index in [1.165, 1.54) is 83.5 Å². The molecule has 0 radical (unpaired) electrons. The summed E-state index contributed by atoms with van der Waals surface area (Å²) >= 11 is 0. The number of phenolic OH excluding ortho intramolecular Hbond substituents is 1. The van der Waals surface area contributed by atoms with E-state index in [4.69, 9.17) is 0 Å². The molecule has 1 aromatic carbocycles. The van der Waals surface area contributed by atoms with Gasteiger partial charge < -0.3 is 15.7 Å². The first-order valence-electron chi connectivity index (χ1n) is 14.5. The Morgan fingerprint density at radius 2 is 1.03 bits per heavy atom. The Bertz CT molecular complexity index is 646. The van der Waals surface area contributed by atoms with E-state index in [9.17, 15) is 14.7 Å². The lowest BCUT2D eigenvalue weighted by Gasteiger charge is -2.07. The summed E-state index contributed by atoms with van der Waals surface area (Å²) in [5.41, 5.74) is 0.693. The molecule has 2 amide bonds. The van der Waals surface area contributed by atoms with Crippen LogP contribution in [-0.2, 0) is 9.59 Å². The molecule has 0 aliphatic carbocycles. The van der Waals surface area contributed by atoms with Crippen molar-refractivity contribution in [2.75, 3.05) is 11.9 Å². The number of nitrogens with one attached hydrogen (secondary N) is 2. The van der Waals surface area contributed by atoms with Gasteiger partial charge in [0.1, 0.15) is 5.75 Å². The summed E-state index contributed by atoms with van der Waals surface area (Å²) in [6.45, 7) is 2.97. The first-order valence-corrected chi connectivity index (χ1v) is 14.5. The zero-order valence-electron chi connectivity index (χ0n) is 22.4. The van der Waals surface area contributed by atoms with Crippen molar-refractivity contribution in [3.8, 4) is 5.75 Å². The number of hydrogen-bond acceptors (Lipinski definition) is 3. The highest BCUT2D eigenvalue weighted by Crippen LogP contribution is 2.15. The second-order valence-electron chi connectivity index (χ2n) is 9.96. The fraction of sp³-hybridized carbons (Fsp3) is 0.733. The number of carbonyl (C=O) groups is 2. The summed E-state index contributed by atoms with van der Waals surface area (Å²) in [7, 11) is 0. The van der Waals surface area contributed by atoms with Crippen LogP contribution in [0.1, 0.15) is 135 Å². The van der Waals surface area contributed by atoms with Crippen molar-refractivity contribution in [3.63, 3.8) is 0 Å². The van der Waals surface area contributed by atoms with Crippen LogP contribution in [-0.4, -0.2) is 23.5 Å². The van der Waals surface area contributed by atoms with Gasteiger partial charge >= 0.3 is 0 Å². The highest BCUT2D eigenvalue weighted by Gasteiger charge is 2.04. The van der Waals surface area contributed by atoms with E-state index in [2.05, 4.69) is 17.6 Å². The number of rotatable bonds is 23. The van der Waals surface area contributed by atoms with Crippen LogP contribution >= 0.6 is 0 Å². The van der Waals surface area contributed by atoms with E-state index < -0.39 is 0 Å². The monoisotopic (exact) mass is 488 g/mol. The number of hydrogen-bond donors (Lipinski definition) is 3. The van der Waals surface area contributed by atoms with Crippen LogP contribution in [0, 0.1) is 0 Å². The van der Waals surface area contributed by atoms with Crippen molar-refractivity contribution < 1.29 is 14.7 Å². The Kier molecular flexibility index (Phi) is 19.9. The summed E-state index contributed by atoms with van der Waals surface area (Å²) in [6, 6.07) is 6.47. The molecule has 0 spiro atoms. The van der Waals surface area contributed by atoms with Crippen molar-refractivity contribution in [2.45, 2.75) is 135 Å². The molecule has 1 rings (SSSR count). The molecule has 200 valence electrons. The van der Waals surface area contributed by atoms with E-state index in [0.717, 1.165) is 32.1 Å². The van der Waals surface area contributed by atoms with E-state index in [-0.39, 0.29) is 17.6 Å². The standard InChI is InChI=1S/C30H52N2O3/c1-2-3-4-5-6-7-8-9-10-11-12-13-14-15-17-20-29(34)31-26-19-16-18-21-30(35)32-27-22-24-28(33)25-23-27/h22-25,33H,2-21,26H2,1H3,(H,31,34)(H,32,35). The molecule has 0 bridgehead atoms. The minimum atomic E-state index is -0.0205. The van der Waals surface area contributed by atoms with Crippen LogP contribution in [0.4, 0.5) is 5.69 Å². The first-order chi connectivity index (χ1) is 17.1. The average molecular weight is 489 g/mol. The maximum absolute atomic E-state index is 12.0. The molecule has 0 saturated heterocycles. The van der Waals surface area contributed by atoms with Gasteiger partial charge in [0.25, 0.3) is 0 Å². The molecule has 1 aromatic rings. The van der Waals surface area contributed by atoms with E-state index in [1.807, 2.05) is 0 Å². The van der Waals surface area contributed by atoms with Crippen LogP contribution < -0.4 is 10.6 Å². The third-order valence-corrected chi connectivity index (χ3v) is 6.56. The van der Waals surface area contributed by atoms with Crippen molar-refractivity contribution in [2.24, 2.45) is 0 Å². The van der Waals surface area contributed by atoms with E-state index in [0.29, 0.717) is 25.1 Å². The fourth-order valence-corrected chi connectivity index (χ4v) is 4.33.